The molecule has 0 fully saturated rings. The molecule has 0 unspecified atom stereocenters. The molecule has 1 N–H and O–H groups in total. The summed E-state index contributed by atoms with van der Waals surface area (Å²) in [6.45, 7) is 9.18. The van der Waals surface area contributed by atoms with Crippen LogP contribution < -0.4 is 10.2 Å². The van der Waals surface area contributed by atoms with Gasteiger partial charge in [0.2, 0.25) is 10.0 Å². The second-order valence-electron chi connectivity index (χ2n) is 7.34. The van der Waals surface area contributed by atoms with Gasteiger partial charge in [0.25, 0.3) is 5.91 Å². The molecule has 0 saturated heterocycles. The van der Waals surface area contributed by atoms with Crippen molar-refractivity contribution in [2.24, 2.45) is 4.99 Å². The molecular formula is C19H25N3O3S. The number of carbonyl (C=O) groups excluding carboxylic acids is 1. The zero-order valence-electron chi connectivity index (χ0n) is 15.7. The third-order valence-corrected chi connectivity index (χ3v) is 5.07. The Kier molecular flexibility index (Phi) is 5.83. The van der Waals surface area contributed by atoms with Gasteiger partial charge in [-0.1, -0.05) is 6.07 Å². The molecule has 2 aromatic rings. The van der Waals surface area contributed by atoms with Gasteiger partial charge in [-0.25, -0.2) is 13.1 Å². The Labute approximate surface area is 154 Å². The second-order valence-corrected chi connectivity index (χ2v) is 9.02. The average Bonchev–Trinajstić information content (AvgIpc) is 2.52. The number of hydrogen-bond donors (Lipinski definition) is 1. The highest BCUT2D eigenvalue weighted by Crippen LogP contribution is 2.14. The normalized spacial score (nSPS) is 13.2. The number of carbonyl (C=O) groups is 1. The van der Waals surface area contributed by atoms with Crippen LogP contribution in [0.4, 0.5) is 0 Å². The molecule has 0 aliphatic heterocycles. The third-order valence-electron chi connectivity index (χ3n) is 3.30. The van der Waals surface area contributed by atoms with Crippen molar-refractivity contribution >= 4 is 15.9 Å². The van der Waals surface area contributed by atoms with Crippen molar-refractivity contribution in [3.8, 4) is 0 Å². The number of sulfonamides is 1. The van der Waals surface area contributed by atoms with E-state index in [0.29, 0.717) is 11.1 Å². The fourth-order valence-corrected chi connectivity index (χ4v) is 3.77. The molecular weight excluding hydrogens is 350 g/mol. The maximum atomic E-state index is 12.8. The highest BCUT2D eigenvalue weighted by atomic mass is 32.2. The maximum absolute atomic E-state index is 12.8. The van der Waals surface area contributed by atoms with Crippen LogP contribution in [0.1, 0.15) is 45.0 Å². The van der Waals surface area contributed by atoms with E-state index in [-0.39, 0.29) is 16.8 Å². The molecule has 1 heterocycles. The SMILES string of the molecule is CC(C)N=c1ccccn1C(=O)c1ccc(S(=O)(=O)NC(C)(C)C)cc1. The lowest BCUT2D eigenvalue weighted by Crippen LogP contribution is -2.40. The van der Waals surface area contributed by atoms with Crippen molar-refractivity contribution in [1.29, 1.82) is 0 Å². The van der Waals surface area contributed by atoms with Gasteiger partial charge in [0.15, 0.2) is 0 Å². The molecule has 0 radical (unpaired) electrons. The number of pyridine rings is 1. The summed E-state index contributed by atoms with van der Waals surface area (Å²) in [5, 5.41) is 0. The average molecular weight is 375 g/mol. The van der Waals surface area contributed by atoms with Crippen LogP contribution in [0.3, 0.4) is 0 Å². The molecule has 26 heavy (non-hydrogen) atoms. The first-order valence-corrected chi connectivity index (χ1v) is 9.88. The van der Waals surface area contributed by atoms with E-state index in [4.69, 9.17) is 0 Å². The first-order chi connectivity index (χ1) is 12.0. The van der Waals surface area contributed by atoms with Crippen LogP contribution in [0.2, 0.25) is 0 Å². The van der Waals surface area contributed by atoms with Crippen LogP contribution in [-0.2, 0) is 10.0 Å². The van der Waals surface area contributed by atoms with Crippen molar-refractivity contribution in [1.82, 2.24) is 9.29 Å². The predicted molar refractivity (Wildman–Crippen MR) is 101 cm³/mol. The zero-order valence-corrected chi connectivity index (χ0v) is 16.5. The predicted octanol–water partition coefficient (Wildman–Crippen LogP) is 2.56. The number of nitrogens with one attached hydrogen (secondary N) is 1. The summed E-state index contributed by atoms with van der Waals surface area (Å²) in [7, 11) is -3.64. The van der Waals surface area contributed by atoms with Gasteiger partial charge in [0.05, 0.1) is 4.90 Å². The van der Waals surface area contributed by atoms with E-state index in [2.05, 4.69) is 9.71 Å². The number of hydrogen-bond acceptors (Lipinski definition) is 4. The van der Waals surface area contributed by atoms with Crippen LogP contribution in [0, 0.1) is 0 Å². The molecule has 7 heteroatoms. The van der Waals surface area contributed by atoms with Gasteiger partial charge in [0.1, 0.15) is 5.49 Å². The lowest BCUT2D eigenvalue weighted by atomic mass is 10.1. The molecule has 1 aromatic heterocycles. The first kappa shape index (κ1) is 20.1. The lowest BCUT2D eigenvalue weighted by Gasteiger charge is -2.20. The Hall–Kier alpha value is -2.25. The molecule has 0 spiro atoms. The smallest absolute Gasteiger partial charge is 0.263 e. The van der Waals surface area contributed by atoms with Gasteiger partial charge < -0.3 is 0 Å². The molecule has 0 aliphatic carbocycles. The topological polar surface area (TPSA) is 80.5 Å². The minimum Gasteiger partial charge on any atom is -0.268 e. The van der Waals surface area contributed by atoms with Crippen molar-refractivity contribution < 1.29 is 13.2 Å². The summed E-state index contributed by atoms with van der Waals surface area (Å²) < 4.78 is 28.8. The lowest BCUT2D eigenvalue weighted by molar-refractivity contribution is 0.0954. The molecule has 0 bridgehead atoms. The Balaban J connectivity index is 2.37. The minimum atomic E-state index is -3.64. The van der Waals surface area contributed by atoms with Crippen LogP contribution in [0.5, 0.6) is 0 Å². The maximum Gasteiger partial charge on any atom is 0.263 e. The monoisotopic (exact) mass is 375 g/mol. The van der Waals surface area contributed by atoms with Gasteiger partial charge in [0, 0.05) is 23.3 Å². The number of nitrogens with zero attached hydrogens (tertiary/aromatic N) is 2. The minimum absolute atomic E-state index is 0.0486. The number of aromatic nitrogens is 1. The van der Waals surface area contributed by atoms with Gasteiger partial charge in [-0.05, 0) is 71.0 Å². The van der Waals surface area contributed by atoms with E-state index in [9.17, 15) is 13.2 Å². The van der Waals surface area contributed by atoms with Gasteiger partial charge in [-0.15, -0.1) is 0 Å². The van der Waals surface area contributed by atoms with Crippen LogP contribution >= 0.6 is 0 Å². The van der Waals surface area contributed by atoms with E-state index in [0.717, 1.165) is 0 Å². The highest BCUT2D eigenvalue weighted by Gasteiger charge is 2.22. The molecule has 0 amide bonds. The molecule has 1 aromatic carbocycles. The molecule has 6 nitrogen and oxygen atoms in total. The summed E-state index contributed by atoms with van der Waals surface area (Å²) in [4.78, 5) is 17.3. The van der Waals surface area contributed by atoms with E-state index in [1.807, 2.05) is 19.9 Å². The Morgan fingerprint density at radius 2 is 1.69 bits per heavy atom. The molecule has 0 saturated carbocycles. The quantitative estimate of drug-likeness (QED) is 0.892. The Bertz CT molecular complexity index is 951. The summed E-state index contributed by atoms with van der Waals surface area (Å²) >= 11 is 0. The van der Waals surface area contributed by atoms with Crippen LogP contribution in [-0.4, -0.2) is 30.5 Å². The van der Waals surface area contributed by atoms with Gasteiger partial charge in [-0.3, -0.25) is 14.4 Å². The van der Waals surface area contributed by atoms with E-state index >= 15 is 0 Å². The molecule has 2 rings (SSSR count). The van der Waals surface area contributed by atoms with E-state index in [1.165, 1.54) is 28.8 Å². The van der Waals surface area contributed by atoms with E-state index < -0.39 is 15.6 Å². The van der Waals surface area contributed by atoms with Gasteiger partial charge >= 0.3 is 0 Å². The zero-order chi connectivity index (χ0) is 19.5. The van der Waals surface area contributed by atoms with Crippen LogP contribution in [0.15, 0.2) is 58.5 Å². The molecule has 0 atom stereocenters. The Morgan fingerprint density at radius 3 is 2.23 bits per heavy atom. The standard InChI is InChI=1S/C19H25N3O3S/c1-14(2)20-17-8-6-7-13-22(17)18(23)15-9-11-16(12-10-15)26(24,25)21-19(3,4)5/h6-14,21H,1-5H3. The summed E-state index contributed by atoms with van der Waals surface area (Å²) in [6, 6.07) is 11.3. The number of benzene rings is 1. The molecule has 0 aliphatic rings. The summed E-state index contributed by atoms with van der Waals surface area (Å²) in [5.41, 5.74) is 0.357. The largest absolute Gasteiger partial charge is 0.268 e. The van der Waals surface area contributed by atoms with Gasteiger partial charge in [-0.2, -0.15) is 0 Å². The van der Waals surface area contributed by atoms with Crippen molar-refractivity contribution in [3.05, 3.63) is 59.7 Å². The highest BCUT2D eigenvalue weighted by molar-refractivity contribution is 7.89. The van der Waals surface area contributed by atoms with Crippen molar-refractivity contribution in [2.45, 2.75) is 51.1 Å². The summed E-state index contributed by atoms with van der Waals surface area (Å²) in [5.74, 6) is -0.266. The summed E-state index contributed by atoms with van der Waals surface area (Å²) in [6.07, 6.45) is 1.65. The van der Waals surface area contributed by atoms with Crippen LogP contribution in [0.25, 0.3) is 0 Å². The second kappa shape index (κ2) is 7.55. The van der Waals surface area contributed by atoms with Crippen molar-refractivity contribution in [3.63, 3.8) is 0 Å². The first-order valence-electron chi connectivity index (χ1n) is 8.40. The fourth-order valence-electron chi connectivity index (χ4n) is 2.35. The van der Waals surface area contributed by atoms with Crippen molar-refractivity contribution in [2.75, 3.05) is 0 Å². The molecule has 140 valence electrons. The third kappa shape index (κ3) is 5.12. The van der Waals surface area contributed by atoms with E-state index in [1.54, 1.807) is 39.1 Å². The fraction of sp³-hybridized carbons (Fsp3) is 0.368. The number of rotatable bonds is 4. The Morgan fingerprint density at radius 1 is 1.08 bits per heavy atom.